The third kappa shape index (κ3) is 3.44. The van der Waals surface area contributed by atoms with Crippen molar-refractivity contribution >= 4 is 50.8 Å². The Kier molecular flexibility index (Phi) is 5.35. The fourth-order valence-corrected chi connectivity index (χ4v) is 5.13. The second-order valence-electron chi connectivity index (χ2n) is 6.53. The minimum absolute atomic E-state index is 0.0670. The number of aromatic amines is 1. The van der Waals surface area contributed by atoms with Crippen LogP contribution in [0.3, 0.4) is 0 Å². The highest BCUT2D eigenvalue weighted by molar-refractivity contribution is 8.22. The zero-order chi connectivity index (χ0) is 19.0. The molecule has 1 unspecified atom stereocenters. The van der Waals surface area contributed by atoms with Gasteiger partial charge in [0.05, 0.1) is 13.2 Å². The van der Waals surface area contributed by atoms with Crippen molar-refractivity contribution < 1.29 is 4.74 Å². The topological polar surface area (TPSA) is 28.3 Å². The van der Waals surface area contributed by atoms with E-state index in [4.69, 9.17) is 28.6 Å². The molecule has 0 saturated carbocycles. The van der Waals surface area contributed by atoms with E-state index < -0.39 is 0 Å². The van der Waals surface area contributed by atoms with E-state index in [2.05, 4.69) is 41.1 Å². The smallest absolute Gasteiger partial charge is 0.137 e. The lowest BCUT2D eigenvalue weighted by atomic mass is 9.93. The summed E-state index contributed by atoms with van der Waals surface area (Å²) in [6, 6.07) is 14.4. The van der Waals surface area contributed by atoms with Gasteiger partial charge in [0.2, 0.25) is 0 Å². The van der Waals surface area contributed by atoms with Crippen LogP contribution in [0.25, 0.3) is 10.9 Å². The molecule has 4 rings (SSSR count). The number of methoxy groups -OCH3 is 1. The van der Waals surface area contributed by atoms with Crippen molar-refractivity contribution in [3.8, 4) is 5.75 Å². The summed E-state index contributed by atoms with van der Waals surface area (Å²) in [5, 5.41) is 1.98. The van der Waals surface area contributed by atoms with Gasteiger partial charge in [-0.2, -0.15) is 0 Å². The van der Waals surface area contributed by atoms with Gasteiger partial charge in [-0.15, -0.1) is 0 Å². The number of aromatic nitrogens is 1. The zero-order valence-electron chi connectivity index (χ0n) is 15.3. The first kappa shape index (κ1) is 18.7. The van der Waals surface area contributed by atoms with Crippen LogP contribution in [0, 0.1) is 0 Å². The number of hydrogen-bond acceptors (Lipinski definition) is 3. The number of benzene rings is 2. The quantitative estimate of drug-likeness (QED) is 0.545. The van der Waals surface area contributed by atoms with Gasteiger partial charge >= 0.3 is 0 Å². The molecule has 3 nitrogen and oxygen atoms in total. The van der Waals surface area contributed by atoms with Crippen LogP contribution in [-0.2, 0) is 6.42 Å². The Morgan fingerprint density at radius 2 is 2.07 bits per heavy atom. The first-order valence-electron chi connectivity index (χ1n) is 8.99. The van der Waals surface area contributed by atoms with Crippen LogP contribution in [0.1, 0.15) is 29.8 Å². The minimum atomic E-state index is 0.0670. The number of thioether (sulfide) groups is 1. The van der Waals surface area contributed by atoms with Crippen LogP contribution in [0.4, 0.5) is 0 Å². The number of fused-ring (bicyclic) bond motifs is 3. The van der Waals surface area contributed by atoms with E-state index in [0.717, 1.165) is 39.3 Å². The van der Waals surface area contributed by atoms with Gasteiger partial charge < -0.3 is 14.6 Å². The van der Waals surface area contributed by atoms with Gasteiger partial charge in [-0.3, -0.25) is 0 Å². The Labute approximate surface area is 174 Å². The summed E-state index contributed by atoms with van der Waals surface area (Å²) in [7, 11) is 1.69. The van der Waals surface area contributed by atoms with Crippen molar-refractivity contribution in [1.29, 1.82) is 0 Å². The number of halogens is 1. The molecule has 140 valence electrons. The third-order valence-corrected chi connectivity index (χ3v) is 6.62. The van der Waals surface area contributed by atoms with Gasteiger partial charge in [0.1, 0.15) is 10.1 Å². The molecule has 27 heavy (non-hydrogen) atoms. The van der Waals surface area contributed by atoms with E-state index in [1.807, 2.05) is 18.2 Å². The summed E-state index contributed by atoms with van der Waals surface area (Å²) in [6.07, 6.45) is 0.951. The molecule has 0 aliphatic carbocycles. The summed E-state index contributed by atoms with van der Waals surface area (Å²) < 4.78 is 6.28. The molecule has 0 amide bonds. The van der Waals surface area contributed by atoms with Crippen LogP contribution < -0.4 is 4.74 Å². The van der Waals surface area contributed by atoms with Gasteiger partial charge in [0.15, 0.2) is 0 Å². The van der Waals surface area contributed by atoms with E-state index in [9.17, 15) is 0 Å². The number of thiocarbonyl (C=S) groups is 1. The molecule has 1 aliphatic heterocycles. The number of H-pyrrole nitrogens is 1. The second-order valence-corrected chi connectivity index (χ2v) is 8.86. The Hall–Kier alpha value is -1.69. The van der Waals surface area contributed by atoms with E-state index in [0.29, 0.717) is 0 Å². The molecule has 2 aromatic carbocycles. The van der Waals surface area contributed by atoms with Gasteiger partial charge in [-0.1, -0.05) is 54.6 Å². The van der Waals surface area contributed by atoms with Crippen LogP contribution in [-0.4, -0.2) is 33.6 Å². The van der Waals surface area contributed by atoms with E-state index in [-0.39, 0.29) is 6.04 Å². The van der Waals surface area contributed by atoms with Crippen LogP contribution >= 0.6 is 35.6 Å². The molecule has 3 aromatic rings. The Morgan fingerprint density at radius 3 is 2.78 bits per heavy atom. The number of nitrogens with one attached hydrogen (secondary N) is 1. The highest BCUT2D eigenvalue weighted by Crippen LogP contribution is 2.40. The predicted octanol–water partition coefficient (Wildman–Crippen LogP) is 5.82. The fourth-order valence-electron chi connectivity index (χ4n) is 3.80. The lowest BCUT2D eigenvalue weighted by molar-refractivity contribution is 0.345. The maximum absolute atomic E-state index is 6.26. The minimum Gasteiger partial charge on any atom is -0.497 e. The fraction of sp³-hybridized carbons (Fsp3) is 0.286. The van der Waals surface area contributed by atoms with Gasteiger partial charge in [-0.25, -0.2) is 0 Å². The predicted molar refractivity (Wildman–Crippen MR) is 119 cm³/mol. The molecular formula is C21H21ClN2OS2. The lowest BCUT2D eigenvalue weighted by Crippen LogP contribution is -2.38. The maximum atomic E-state index is 6.26. The van der Waals surface area contributed by atoms with Crippen LogP contribution in [0.2, 0.25) is 5.02 Å². The molecule has 0 fully saturated rings. The van der Waals surface area contributed by atoms with Crippen molar-refractivity contribution in [2.45, 2.75) is 19.4 Å². The summed E-state index contributed by atoms with van der Waals surface area (Å²) in [5.41, 5.74) is 4.88. The van der Waals surface area contributed by atoms with Gasteiger partial charge in [-0.05, 0) is 53.6 Å². The molecule has 1 N–H and O–H groups in total. The van der Waals surface area contributed by atoms with Crippen LogP contribution in [0.15, 0.2) is 42.5 Å². The van der Waals surface area contributed by atoms with Crippen molar-refractivity contribution in [2.24, 2.45) is 0 Å². The summed E-state index contributed by atoms with van der Waals surface area (Å²) in [4.78, 5) is 5.98. The molecule has 2 heterocycles. The summed E-state index contributed by atoms with van der Waals surface area (Å²) >= 11 is 13.7. The number of nitrogens with zero attached hydrogens (tertiary/aromatic N) is 1. The Balaban J connectivity index is 1.86. The van der Waals surface area contributed by atoms with Crippen molar-refractivity contribution in [1.82, 2.24) is 9.88 Å². The highest BCUT2D eigenvalue weighted by atomic mass is 35.5. The SMILES string of the molecule is CCSC(=S)N1CCc2c([nH]c3ccc(Cl)cc23)C1c1ccc(OC)cc1. The normalized spacial score (nSPS) is 16.4. The van der Waals surface area contributed by atoms with E-state index >= 15 is 0 Å². The van der Waals surface area contributed by atoms with E-state index in [1.54, 1.807) is 18.9 Å². The van der Waals surface area contributed by atoms with Crippen LogP contribution in [0.5, 0.6) is 5.75 Å². The maximum Gasteiger partial charge on any atom is 0.137 e. The molecule has 1 atom stereocenters. The molecule has 0 radical (unpaired) electrons. The molecule has 1 aliphatic rings. The third-order valence-electron chi connectivity index (χ3n) is 5.02. The number of hydrogen-bond donors (Lipinski definition) is 1. The first-order valence-corrected chi connectivity index (χ1v) is 10.8. The van der Waals surface area contributed by atoms with Crippen molar-refractivity contribution in [3.05, 3.63) is 64.3 Å². The summed E-state index contributed by atoms with van der Waals surface area (Å²) in [6.45, 7) is 3.04. The average Bonchev–Trinajstić information content (AvgIpc) is 3.05. The van der Waals surface area contributed by atoms with Crippen molar-refractivity contribution in [3.63, 3.8) is 0 Å². The lowest BCUT2D eigenvalue weighted by Gasteiger charge is -2.37. The molecule has 0 bridgehead atoms. The van der Waals surface area contributed by atoms with E-state index in [1.165, 1.54) is 22.2 Å². The van der Waals surface area contributed by atoms with Gasteiger partial charge in [0.25, 0.3) is 0 Å². The summed E-state index contributed by atoms with van der Waals surface area (Å²) in [5.74, 6) is 1.83. The number of ether oxygens (including phenoxy) is 1. The van der Waals surface area contributed by atoms with Crippen molar-refractivity contribution in [2.75, 3.05) is 19.4 Å². The largest absolute Gasteiger partial charge is 0.497 e. The molecule has 6 heteroatoms. The molecular weight excluding hydrogens is 396 g/mol. The van der Waals surface area contributed by atoms with Gasteiger partial charge in [0, 0.05) is 28.2 Å². The molecule has 1 aromatic heterocycles. The molecule has 0 saturated heterocycles. The first-order chi connectivity index (χ1) is 13.1. The molecule has 0 spiro atoms. The number of rotatable bonds is 3. The Morgan fingerprint density at radius 1 is 1.30 bits per heavy atom. The second kappa shape index (κ2) is 7.74. The highest BCUT2D eigenvalue weighted by Gasteiger charge is 2.33. The zero-order valence-corrected chi connectivity index (χ0v) is 17.7. The monoisotopic (exact) mass is 416 g/mol. The average molecular weight is 417 g/mol. The standard InChI is InChI=1S/C21H21ClN2OS2/c1-3-27-21(26)24-11-10-16-17-12-14(22)6-9-18(17)23-19(16)20(24)13-4-7-15(25-2)8-5-13/h4-9,12,20,23H,3,10-11H2,1-2H3. The Bertz CT molecular complexity index is 984.